The summed E-state index contributed by atoms with van der Waals surface area (Å²) in [4.78, 5) is 11.9. The Bertz CT molecular complexity index is 990. The largest absolute Gasteiger partial charge is 0.483 e. The Balaban J connectivity index is 1.61. The first-order valence-electron chi connectivity index (χ1n) is 7.61. The van der Waals surface area contributed by atoms with E-state index in [4.69, 9.17) is 39.5 Å². The van der Waals surface area contributed by atoms with Crippen molar-refractivity contribution in [2.24, 2.45) is 5.10 Å². The molecule has 0 aliphatic carbocycles. The van der Waals surface area contributed by atoms with Gasteiger partial charge in [-0.15, -0.1) is 0 Å². The van der Waals surface area contributed by atoms with Crippen LogP contribution in [0.1, 0.15) is 5.56 Å². The van der Waals surface area contributed by atoms with Crippen molar-refractivity contribution in [2.45, 2.75) is 0 Å². The normalized spacial score (nSPS) is 11.0. The molecule has 4 nitrogen and oxygen atoms in total. The number of rotatable bonds is 5. The van der Waals surface area contributed by atoms with Gasteiger partial charge in [0.15, 0.2) is 6.61 Å². The number of nitrogens with zero attached hydrogens (tertiary/aromatic N) is 1. The topological polar surface area (TPSA) is 50.7 Å². The minimum Gasteiger partial charge on any atom is -0.483 e. The van der Waals surface area contributed by atoms with Crippen LogP contribution in [0.3, 0.4) is 0 Å². The van der Waals surface area contributed by atoms with Crippen LogP contribution < -0.4 is 10.2 Å². The summed E-state index contributed by atoms with van der Waals surface area (Å²) in [6.07, 6.45) is 1.44. The van der Waals surface area contributed by atoms with Crippen molar-refractivity contribution in [2.75, 3.05) is 6.61 Å². The van der Waals surface area contributed by atoms with Crippen molar-refractivity contribution in [3.63, 3.8) is 0 Å². The number of amides is 1. The molecule has 132 valence electrons. The van der Waals surface area contributed by atoms with Crippen LogP contribution in [0.15, 0.2) is 59.7 Å². The highest BCUT2D eigenvalue weighted by Crippen LogP contribution is 2.31. The summed E-state index contributed by atoms with van der Waals surface area (Å²) in [5.41, 5.74) is 3.03. The molecular formula is C19H13Cl3N2O2. The van der Waals surface area contributed by atoms with Crippen molar-refractivity contribution in [3.05, 3.63) is 75.2 Å². The Labute approximate surface area is 165 Å². The fraction of sp³-hybridized carbons (Fsp3) is 0.0526. The standard InChI is InChI=1S/C19H13Cl3N2O2/c20-13-6-5-12(17(22)9-13)10-23-24-19(25)11-26-18-8-7-16(21)14-3-1-2-4-15(14)18/h1-10H,11H2,(H,24,25)/b23-10+. The molecule has 3 aromatic carbocycles. The van der Waals surface area contributed by atoms with Crippen LogP contribution in [-0.2, 0) is 4.79 Å². The van der Waals surface area contributed by atoms with Gasteiger partial charge < -0.3 is 4.74 Å². The maximum absolute atomic E-state index is 11.9. The zero-order chi connectivity index (χ0) is 18.5. The van der Waals surface area contributed by atoms with E-state index in [0.717, 1.165) is 10.8 Å². The van der Waals surface area contributed by atoms with Crippen molar-refractivity contribution in [1.29, 1.82) is 0 Å². The van der Waals surface area contributed by atoms with Gasteiger partial charge in [-0.05, 0) is 24.3 Å². The maximum Gasteiger partial charge on any atom is 0.277 e. The second-order valence-corrected chi connectivity index (χ2v) is 6.59. The highest BCUT2D eigenvalue weighted by Gasteiger charge is 2.07. The fourth-order valence-electron chi connectivity index (χ4n) is 2.32. The fourth-order valence-corrected chi connectivity index (χ4v) is 3.00. The molecule has 7 heteroatoms. The Hall–Kier alpha value is -2.27. The maximum atomic E-state index is 11.9. The molecule has 0 aromatic heterocycles. The molecule has 0 atom stereocenters. The van der Waals surface area contributed by atoms with E-state index in [2.05, 4.69) is 10.5 Å². The Kier molecular flexibility index (Phi) is 5.99. The molecule has 0 radical (unpaired) electrons. The van der Waals surface area contributed by atoms with Gasteiger partial charge in [-0.1, -0.05) is 65.1 Å². The van der Waals surface area contributed by atoms with E-state index >= 15 is 0 Å². The lowest BCUT2D eigenvalue weighted by Crippen LogP contribution is -2.24. The van der Waals surface area contributed by atoms with E-state index in [-0.39, 0.29) is 6.61 Å². The van der Waals surface area contributed by atoms with Crippen molar-refractivity contribution >= 4 is 57.7 Å². The van der Waals surface area contributed by atoms with Gasteiger partial charge in [0, 0.05) is 26.4 Å². The van der Waals surface area contributed by atoms with E-state index < -0.39 is 5.91 Å². The molecule has 0 unspecified atom stereocenters. The van der Waals surface area contributed by atoms with E-state index in [1.807, 2.05) is 24.3 Å². The third-order valence-corrected chi connectivity index (χ3v) is 4.44. The highest BCUT2D eigenvalue weighted by molar-refractivity contribution is 6.36. The molecule has 0 saturated heterocycles. The van der Waals surface area contributed by atoms with Gasteiger partial charge in [0.1, 0.15) is 5.75 Å². The van der Waals surface area contributed by atoms with E-state index in [1.165, 1.54) is 6.21 Å². The van der Waals surface area contributed by atoms with Crippen LogP contribution in [-0.4, -0.2) is 18.7 Å². The van der Waals surface area contributed by atoms with Gasteiger partial charge in [-0.2, -0.15) is 5.10 Å². The number of nitrogens with one attached hydrogen (secondary N) is 1. The number of hydrogen-bond donors (Lipinski definition) is 1. The van der Waals surface area contributed by atoms with Crippen LogP contribution >= 0.6 is 34.8 Å². The second kappa shape index (κ2) is 8.41. The Morgan fingerprint density at radius 3 is 2.54 bits per heavy atom. The van der Waals surface area contributed by atoms with Crippen LogP contribution in [0.5, 0.6) is 5.75 Å². The van der Waals surface area contributed by atoms with Gasteiger partial charge in [0.2, 0.25) is 0 Å². The number of ether oxygens (including phenoxy) is 1. The first-order chi connectivity index (χ1) is 12.5. The quantitative estimate of drug-likeness (QED) is 0.459. The molecule has 1 amide bonds. The predicted octanol–water partition coefficient (Wildman–Crippen LogP) is 5.33. The van der Waals surface area contributed by atoms with Gasteiger partial charge in [-0.25, -0.2) is 5.43 Å². The monoisotopic (exact) mass is 406 g/mol. The predicted molar refractivity (Wildman–Crippen MR) is 107 cm³/mol. The van der Waals surface area contributed by atoms with E-state index in [9.17, 15) is 4.79 Å². The van der Waals surface area contributed by atoms with Crippen LogP contribution in [0.4, 0.5) is 0 Å². The van der Waals surface area contributed by atoms with Gasteiger partial charge >= 0.3 is 0 Å². The SMILES string of the molecule is O=C(COc1ccc(Cl)c2ccccc12)N/N=C/c1ccc(Cl)cc1Cl. The Morgan fingerprint density at radius 1 is 1.00 bits per heavy atom. The molecule has 3 rings (SSSR count). The first-order valence-corrected chi connectivity index (χ1v) is 8.75. The number of carbonyl (C=O) groups excluding carboxylic acids is 1. The van der Waals surface area contributed by atoms with Crippen LogP contribution in [0.2, 0.25) is 15.1 Å². The lowest BCUT2D eigenvalue weighted by atomic mass is 10.1. The van der Waals surface area contributed by atoms with Crippen molar-refractivity contribution in [3.8, 4) is 5.75 Å². The number of hydrogen-bond acceptors (Lipinski definition) is 3. The first kappa shape index (κ1) is 18.5. The Morgan fingerprint density at radius 2 is 1.77 bits per heavy atom. The minimum atomic E-state index is -0.398. The number of benzene rings is 3. The van der Waals surface area contributed by atoms with Crippen molar-refractivity contribution in [1.82, 2.24) is 5.43 Å². The zero-order valence-corrected chi connectivity index (χ0v) is 15.6. The van der Waals surface area contributed by atoms with Crippen LogP contribution in [0, 0.1) is 0 Å². The molecule has 0 spiro atoms. The van der Waals surface area contributed by atoms with Gasteiger partial charge in [0.25, 0.3) is 5.91 Å². The molecule has 3 aromatic rings. The summed E-state index contributed by atoms with van der Waals surface area (Å²) in [6, 6.07) is 16.0. The number of carbonyl (C=O) groups is 1. The molecule has 1 N–H and O–H groups in total. The summed E-state index contributed by atoms with van der Waals surface area (Å²) in [5, 5.41) is 7.17. The molecule has 0 aliphatic rings. The van der Waals surface area contributed by atoms with Gasteiger partial charge in [0.05, 0.1) is 11.2 Å². The molecular weight excluding hydrogens is 395 g/mol. The van der Waals surface area contributed by atoms with E-state index in [1.54, 1.807) is 30.3 Å². The average molecular weight is 408 g/mol. The molecule has 0 aliphatic heterocycles. The summed E-state index contributed by atoms with van der Waals surface area (Å²) in [6.45, 7) is -0.183. The van der Waals surface area contributed by atoms with Crippen molar-refractivity contribution < 1.29 is 9.53 Å². The smallest absolute Gasteiger partial charge is 0.277 e. The second-order valence-electron chi connectivity index (χ2n) is 5.34. The minimum absolute atomic E-state index is 0.183. The number of halogens is 3. The third kappa shape index (κ3) is 4.47. The molecule has 0 fully saturated rings. The summed E-state index contributed by atoms with van der Waals surface area (Å²) in [7, 11) is 0. The van der Waals surface area contributed by atoms with Crippen LogP contribution in [0.25, 0.3) is 10.8 Å². The summed E-state index contributed by atoms with van der Waals surface area (Å²) >= 11 is 18.0. The summed E-state index contributed by atoms with van der Waals surface area (Å²) in [5.74, 6) is 0.176. The number of fused-ring (bicyclic) bond motifs is 1. The molecule has 0 heterocycles. The summed E-state index contributed by atoms with van der Waals surface area (Å²) < 4.78 is 5.59. The molecule has 0 bridgehead atoms. The van der Waals surface area contributed by atoms with E-state index in [0.29, 0.717) is 26.4 Å². The highest BCUT2D eigenvalue weighted by atomic mass is 35.5. The average Bonchev–Trinajstić information content (AvgIpc) is 2.63. The molecule has 26 heavy (non-hydrogen) atoms. The third-order valence-electron chi connectivity index (χ3n) is 3.55. The number of hydrazone groups is 1. The molecule has 0 saturated carbocycles. The van der Waals surface area contributed by atoms with Gasteiger partial charge in [-0.3, -0.25) is 4.79 Å². The zero-order valence-electron chi connectivity index (χ0n) is 13.4. The lowest BCUT2D eigenvalue weighted by Gasteiger charge is -2.09. The lowest BCUT2D eigenvalue weighted by molar-refractivity contribution is -0.123.